The first-order valence-corrected chi connectivity index (χ1v) is 4.50. The van der Waals surface area contributed by atoms with Crippen molar-refractivity contribution in [1.29, 1.82) is 0 Å². The van der Waals surface area contributed by atoms with Crippen LogP contribution in [0.15, 0.2) is 35.1 Å². The van der Waals surface area contributed by atoms with Crippen molar-refractivity contribution in [2.75, 3.05) is 13.2 Å². The summed E-state index contributed by atoms with van der Waals surface area (Å²) in [5.41, 5.74) is 0.794. The molecule has 0 aliphatic carbocycles. The van der Waals surface area contributed by atoms with Gasteiger partial charge in [0.25, 0.3) is 0 Å². The van der Waals surface area contributed by atoms with Gasteiger partial charge in [0.15, 0.2) is 0 Å². The van der Waals surface area contributed by atoms with Crippen molar-refractivity contribution in [3.8, 4) is 17.2 Å². The summed E-state index contributed by atoms with van der Waals surface area (Å²) >= 11 is 0. The number of aliphatic hydroxyl groups excluding tert-OH is 1. The summed E-state index contributed by atoms with van der Waals surface area (Å²) in [6, 6.07) is 7.25. The van der Waals surface area contributed by atoms with Gasteiger partial charge in [0, 0.05) is 5.56 Å². The Morgan fingerprint density at radius 2 is 2.33 bits per heavy atom. The Kier molecular flexibility index (Phi) is 2.94. The van der Waals surface area contributed by atoms with E-state index < -0.39 is 0 Å². The van der Waals surface area contributed by atoms with Crippen molar-refractivity contribution in [1.82, 2.24) is 10.2 Å². The molecule has 0 fully saturated rings. The maximum atomic E-state index is 8.61. The molecule has 0 aliphatic heterocycles. The largest absolute Gasteiger partial charge is 0.491 e. The third kappa shape index (κ3) is 2.32. The molecule has 2 rings (SSSR count). The van der Waals surface area contributed by atoms with Gasteiger partial charge in [-0.1, -0.05) is 6.07 Å². The van der Waals surface area contributed by atoms with Crippen LogP contribution in [0, 0.1) is 0 Å². The molecule has 78 valence electrons. The third-order valence-corrected chi connectivity index (χ3v) is 1.80. The smallest absolute Gasteiger partial charge is 0.247 e. The van der Waals surface area contributed by atoms with Crippen molar-refractivity contribution in [3.05, 3.63) is 30.7 Å². The molecule has 5 heteroatoms. The van der Waals surface area contributed by atoms with Crippen LogP contribution in [-0.4, -0.2) is 28.5 Å². The van der Waals surface area contributed by atoms with Gasteiger partial charge >= 0.3 is 0 Å². The number of ether oxygens (including phenoxy) is 1. The highest BCUT2D eigenvalue weighted by Gasteiger charge is 2.04. The first-order chi connectivity index (χ1) is 7.40. The van der Waals surface area contributed by atoms with Crippen molar-refractivity contribution >= 4 is 0 Å². The Bertz CT molecular complexity index is 414. The second kappa shape index (κ2) is 4.56. The Morgan fingerprint density at radius 3 is 3.07 bits per heavy atom. The van der Waals surface area contributed by atoms with Crippen molar-refractivity contribution in [2.24, 2.45) is 0 Å². The molecule has 0 radical (unpaired) electrons. The zero-order chi connectivity index (χ0) is 10.5. The molecular formula is C10H10N2O3. The molecule has 0 amide bonds. The number of hydrogen-bond donors (Lipinski definition) is 1. The quantitative estimate of drug-likeness (QED) is 0.811. The van der Waals surface area contributed by atoms with E-state index in [0.29, 0.717) is 11.6 Å². The van der Waals surface area contributed by atoms with E-state index in [-0.39, 0.29) is 13.2 Å². The van der Waals surface area contributed by atoms with Gasteiger partial charge < -0.3 is 14.3 Å². The minimum atomic E-state index is -0.00914. The van der Waals surface area contributed by atoms with Gasteiger partial charge in [0.2, 0.25) is 12.3 Å². The number of hydrogen-bond acceptors (Lipinski definition) is 5. The second-order valence-corrected chi connectivity index (χ2v) is 2.84. The average Bonchev–Trinajstić information content (AvgIpc) is 2.80. The topological polar surface area (TPSA) is 68.4 Å². The molecule has 0 saturated heterocycles. The molecule has 1 N–H and O–H groups in total. The summed E-state index contributed by atoms with van der Waals surface area (Å²) in [6.45, 7) is 0.262. The van der Waals surface area contributed by atoms with Crippen molar-refractivity contribution in [2.45, 2.75) is 0 Å². The molecule has 0 atom stereocenters. The molecule has 0 aliphatic rings. The predicted octanol–water partition coefficient (Wildman–Crippen LogP) is 1.11. The van der Waals surface area contributed by atoms with Crippen molar-refractivity contribution in [3.63, 3.8) is 0 Å². The average molecular weight is 206 g/mol. The highest BCUT2D eigenvalue weighted by molar-refractivity contribution is 5.55. The molecule has 0 bridgehead atoms. The van der Waals surface area contributed by atoms with E-state index in [9.17, 15) is 0 Å². The molecule has 1 heterocycles. The van der Waals surface area contributed by atoms with E-state index >= 15 is 0 Å². The summed E-state index contributed by atoms with van der Waals surface area (Å²) in [7, 11) is 0. The summed E-state index contributed by atoms with van der Waals surface area (Å²) in [6.07, 6.45) is 1.27. The van der Waals surface area contributed by atoms with E-state index in [4.69, 9.17) is 14.3 Å². The highest BCUT2D eigenvalue weighted by Crippen LogP contribution is 2.21. The fourth-order valence-corrected chi connectivity index (χ4v) is 1.18. The first-order valence-electron chi connectivity index (χ1n) is 4.50. The molecule has 0 unspecified atom stereocenters. The maximum absolute atomic E-state index is 8.61. The van der Waals surface area contributed by atoms with E-state index in [1.807, 2.05) is 12.1 Å². The second-order valence-electron chi connectivity index (χ2n) is 2.84. The zero-order valence-corrected chi connectivity index (χ0v) is 7.96. The predicted molar refractivity (Wildman–Crippen MR) is 52.3 cm³/mol. The number of benzene rings is 1. The standard InChI is InChI=1S/C10H10N2O3/c13-4-5-14-9-3-1-2-8(6-9)10-12-11-7-15-10/h1-3,6-7,13H,4-5H2. The first kappa shape index (κ1) is 9.67. The Balaban J connectivity index is 2.19. The van der Waals surface area contributed by atoms with E-state index in [1.54, 1.807) is 12.1 Å². The number of rotatable bonds is 4. The number of aromatic nitrogens is 2. The lowest BCUT2D eigenvalue weighted by Gasteiger charge is -2.04. The molecule has 1 aromatic heterocycles. The lowest BCUT2D eigenvalue weighted by Crippen LogP contribution is -2.01. The summed E-state index contributed by atoms with van der Waals surface area (Å²) in [4.78, 5) is 0. The fraction of sp³-hybridized carbons (Fsp3) is 0.200. The Hall–Kier alpha value is -1.88. The van der Waals surface area contributed by atoms with E-state index in [1.165, 1.54) is 6.39 Å². The summed E-state index contributed by atoms with van der Waals surface area (Å²) < 4.78 is 10.3. The number of nitrogens with zero attached hydrogens (tertiary/aromatic N) is 2. The number of aliphatic hydroxyl groups is 1. The molecule has 15 heavy (non-hydrogen) atoms. The minimum Gasteiger partial charge on any atom is -0.491 e. The van der Waals surface area contributed by atoms with Crippen LogP contribution in [0.3, 0.4) is 0 Å². The van der Waals surface area contributed by atoms with Crippen LogP contribution >= 0.6 is 0 Å². The Morgan fingerprint density at radius 1 is 1.40 bits per heavy atom. The molecule has 0 saturated carbocycles. The normalized spacial score (nSPS) is 10.2. The molecule has 0 spiro atoms. The van der Waals surface area contributed by atoms with Crippen molar-refractivity contribution < 1.29 is 14.3 Å². The summed E-state index contributed by atoms with van der Waals surface area (Å²) in [5, 5.41) is 16.0. The van der Waals surface area contributed by atoms with Gasteiger partial charge in [0.05, 0.1) is 6.61 Å². The van der Waals surface area contributed by atoms with Crippen LogP contribution in [0.25, 0.3) is 11.5 Å². The van der Waals surface area contributed by atoms with Crippen LogP contribution in [-0.2, 0) is 0 Å². The van der Waals surface area contributed by atoms with Gasteiger partial charge in [-0.3, -0.25) is 0 Å². The third-order valence-electron chi connectivity index (χ3n) is 1.80. The minimum absolute atomic E-state index is 0.00914. The van der Waals surface area contributed by atoms with Gasteiger partial charge in [-0.25, -0.2) is 0 Å². The van der Waals surface area contributed by atoms with E-state index in [0.717, 1.165) is 5.56 Å². The van der Waals surface area contributed by atoms with Gasteiger partial charge in [-0.2, -0.15) is 0 Å². The van der Waals surface area contributed by atoms with Crippen LogP contribution in [0.4, 0.5) is 0 Å². The lowest BCUT2D eigenvalue weighted by atomic mass is 10.2. The van der Waals surface area contributed by atoms with E-state index in [2.05, 4.69) is 10.2 Å². The summed E-state index contributed by atoms with van der Waals surface area (Å²) in [5.74, 6) is 1.11. The van der Waals surface area contributed by atoms with Crippen LogP contribution in [0.1, 0.15) is 0 Å². The van der Waals surface area contributed by atoms with Gasteiger partial charge in [-0.15, -0.1) is 10.2 Å². The molecular weight excluding hydrogens is 196 g/mol. The maximum Gasteiger partial charge on any atom is 0.247 e. The Labute approximate surface area is 86.3 Å². The van der Waals surface area contributed by atoms with Crippen LogP contribution in [0.2, 0.25) is 0 Å². The zero-order valence-electron chi connectivity index (χ0n) is 7.96. The van der Waals surface area contributed by atoms with Crippen LogP contribution < -0.4 is 4.74 Å². The fourth-order valence-electron chi connectivity index (χ4n) is 1.18. The lowest BCUT2D eigenvalue weighted by molar-refractivity contribution is 0.201. The van der Waals surface area contributed by atoms with Crippen LogP contribution in [0.5, 0.6) is 5.75 Å². The van der Waals surface area contributed by atoms with Gasteiger partial charge in [-0.05, 0) is 18.2 Å². The molecule has 5 nitrogen and oxygen atoms in total. The highest BCUT2D eigenvalue weighted by atomic mass is 16.5. The van der Waals surface area contributed by atoms with Gasteiger partial charge in [0.1, 0.15) is 12.4 Å². The SMILES string of the molecule is OCCOc1cccc(-c2nnco2)c1. The molecule has 1 aromatic carbocycles. The monoisotopic (exact) mass is 206 g/mol. The molecule has 2 aromatic rings.